The Kier molecular flexibility index (Phi) is 3.32. The minimum absolute atomic E-state index is 0.0328. The quantitative estimate of drug-likeness (QED) is 0.847. The summed E-state index contributed by atoms with van der Waals surface area (Å²) in [5.74, 6) is 0.819. The summed E-state index contributed by atoms with van der Waals surface area (Å²) >= 11 is 10.8. The normalized spacial score (nSPS) is 22.4. The number of fused-ring (bicyclic) bond motifs is 1. The lowest BCUT2D eigenvalue weighted by atomic mass is 9.97. The van der Waals surface area contributed by atoms with E-state index < -0.39 is 0 Å². The van der Waals surface area contributed by atoms with Crippen LogP contribution in [0.5, 0.6) is 5.75 Å². The molecule has 2 aromatic rings. The third-order valence-corrected chi connectivity index (χ3v) is 4.58. The highest BCUT2D eigenvalue weighted by atomic mass is 79.9. The summed E-state index contributed by atoms with van der Waals surface area (Å²) in [6.07, 6.45) is 2.25. The Hall–Kier alpha value is -0.620. The van der Waals surface area contributed by atoms with Crippen molar-refractivity contribution in [3.8, 4) is 5.75 Å². The van der Waals surface area contributed by atoms with E-state index in [1.165, 1.54) is 11.3 Å². The molecule has 0 bridgehead atoms. The van der Waals surface area contributed by atoms with Crippen LogP contribution in [-0.4, -0.2) is 4.98 Å². The molecule has 18 heavy (non-hydrogen) atoms. The highest BCUT2D eigenvalue weighted by Crippen LogP contribution is 2.42. The van der Waals surface area contributed by atoms with Gasteiger partial charge >= 0.3 is 0 Å². The van der Waals surface area contributed by atoms with Crippen LogP contribution in [0.4, 0.5) is 0 Å². The molecule has 0 saturated heterocycles. The second kappa shape index (κ2) is 4.81. The Labute approximate surface area is 122 Å². The Morgan fingerprint density at radius 1 is 1.50 bits per heavy atom. The standard InChI is InChI=1S/C12H10BrClN2OS/c13-6-1-2-7-8(15)4-10(17-9(7)3-6)12-16-5-11(14)18-12/h1-3,5,8,10H,4,15H2. The van der Waals surface area contributed by atoms with Crippen molar-refractivity contribution in [3.05, 3.63) is 43.8 Å². The molecule has 1 aliphatic heterocycles. The number of hydrogen-bond acceptors (Lipinski definition) is 4. The molecule has 6 heteroatoms. The van der Waals surface area contributed by atoms with E-state index >= 15 is 0 Å². The summed E-state index contributed by atoms with van der Waals surface area (Å²) in [4.78, 5) is 4.26. The molecule has 0 saturated carbocycles. The molecule has 3 rings (SSSR count). The Morgan fingerprint density at radius 2 is 2.33 bits per heavy atom. The van der Waals surface area contributed by atoms with Crippen molar-refractivity contribution < 1.29 is 4.74 Å². The predicted octanol–water partition coefficient (Wildman–Crippen LogP) is 4.08. The second-order valence-corrected chi connectivity index (χ2v) is 6.74. The van der Waals surface area contributed by atoms with Crippen molar-refractivity contribution in [2.75, 3.05) is 0 Å². The largest absolute Gasteiger partial charge is 0.483 e. The number of halogens is 2. The number of benzene rings is 1. The monoisotopic (exact) mass is 344 g/mol. The van der Waals surface area contributed by atoms with Crippen LogP contribution in [-0.2, 0) is 0 Å². The van der Waals surface area contributed by atoms with Gasteiger partial charge in [-0.15, -0.1) is 11.3 Å². The first-order valence-electron chi connectivity index (χ1n) is 5.46. The number of nitrogens with zero attached hydrogens (tertiary/aromatic N) is 1. The van der Waals surface area contributed by atoms with E-state index in [-0.39, 0.29) is 12.1 Å². The summed E-state index contributed by atoms with van der Waals surface area (Å²) in [6.45, 7) is 0. The van der Waals surface area contributed by atoms with E-state index in [1.807, 2.05) is 18.2 Å². The van der Waals surface area contributed by atoms with Gasteiger partial charge in [-0.2, -0.15) is 0 Å². The maximum Gasteiger partial charge on any atom is 0.152 e. The van der Waals surface area contributed by atoms with Crippen molar-refractivity contribution in [2.45, 2.75) is 18.6 Å². The van der Waals surface area contributed by atoms with Crippen LogP contribution in [0.3, 0.4) is 0 Å². The molecule has 94 valence electrons. The van der Waals surface area contributed by atoms with E-state index in [2.05, 4.69) is 20.9 Å². The molecule has 2 heterocycles. The zero-order valence-corrected chi connectivity index (χ0v) is 12.4. The van der Waals surface area contributed by atoms with Gasteiger partial charge in [-0.3, -0.25) is 0 Å². The predicted molar refractivity (Wildman–Crippen MR) is 76.2 cm³/mol. The highest BCUT2D eigenvalue weighted by molar-refractivity contribution is 9.10. The zero-order chi connectivity index (χ0) is 12.7. The van der Waals surface area contributed by atoms with Crippen LogP contribution in [0.1, 0.15) is 29.1 Å². The number of thiazole rings is 1. The maximum atomic E-state index is 6.18. The molecule has 1 aromatic carbocycles. The summed E-state index contributed by atoms with van der Waals surface area (Å²) in [7, 11) is 0. The fourth-order valence-electron chi connectivity index (χ4n) is 2.04. The Balaban J connectivity index is 1.95. The summed E-state index contributed by atoms with van der Waals surface area (Å²) in [5, 5.41) is 0.876. The lowest BCUT2D eigenvalue weighted by Gasteiger charge is -2.29. The van der Waals surface area contributed by atoms with Crippen molar-refractivity contribution in [3.63, 3.8) is 0 Å². The van der Waals surface area contributed by atoms with Crippen LogP contribution < -0.4 is 10.5 Å². The molecule has 2 unspecified atom stereocenters. The zero-order valence-electron chi connectivity index (χ0n) is 9.27. The van der Waals surface area contributed by atoms with Crippen molar-refractivity contribution in [1.29, 1.82) is 0 Å². The number of aromatic nitrogens is 1. The SMILES string of the molecule is NC1CC(c2ncc(Cl)s2)Oc2cc(Br)ccc21. The van der Waals surface area contributed by atoms with Crippen LogP contribution in [0.2, 0.25) is 4.34 Å². The number of hydrogen-bond donors (Lipinski definition) is 1. The van der Waals surface area contributed by atoms with Crippen molar-refractivity contribution in [2.24, 2.45) is 5.73 Å². The van der Waals surface area contributed by atoms with Gasteiger partial charge in [0.2, 0.25) is 0 Å². The van der Waals surface area contributed by atoms with Crippen molar-refractivity contribution >= 4 is 38.9 Å². The average molecular weight is 346 g/mol. The number of nitrogens with two attached hydrogens (primary N) is 1. The molecule has 0 aliphatic carbocycles. The van der Waals surface area contributed by atoms with E-state index in [9.17, 15) is 0 Å². The third-order valence-electron chi connectivity index (χ3n) is 2.88. The third kappa shape index (κ3) is 2.28. The Morgan fingerprint density at radius 3 is 3.06 bits per heavy atom. The van der Waals surface area contributed by atoms with Crippen LogP contribution in [0, 0.1) is 0 Å². The van der Waals surface area contributed by atoms with Gasteiger partial charge in [-0.25, -0.2) is 4.98 Å². The lowest BCUT2D eigenvalue weighted by Crippen LogP contribution is -2.24. The molecule has 3 nitrogen and oxygen atoms in total. The lowest BCUT2D eigenvalue weighted by molar-refractivity contribution is 0.161. The van der Waals surface area contributed by atoms with Gasteiger partial charge < -0.3 is 10.5 Å². The molecular weight excluding hydrogens is 336 g/mol. The topological polar surface area (TPSA) is 48.1 Å². The summed E-state index contributed by atoms with van der Waals surface area (Å²) in [5.41, 5.74) is 7.22. The van der Waals surface area contributed by atoms with Crippen LogP contribution in [0.25, 0.3) is 0 Å². The first kappa shape index (κ1) is 12.4. The molecule has 2 atom stereocenters. The second-order valence-electron chi connectivity index (χ2n) is 4.13. The highest BCUT2D eigenvalue weighted by Gasteiger charge is 2.29. The molecule has 0 spiro atoms. The maximum absolute atomic E-state index is 6.18. The van der Waals surface area contributed by atoms with Gasteiger partial charge in [0.1, 0.15) is 15.1 Å². The number of ether oxygens (including phenoxy) is 1. The molecule has 0 fully saturated rings. The van der Waals surface area contributed by atoms with Gasteiger partial charge in [-0.1, -0.05) is 33.6 Å². The summed E-state index contributed by atoms with van der Waals surface area (Å²) < 4.78 is 7.61. The van der Waals surface area contributed by atoms with Gasteiger partial charge in [-0.05, 0) is 12.1 Å². The van der Waals surface area contributed by atoms with Crippen LogP contribution in [0.15, 0.2) is 28.9 Å². The van der Waals surface area contributed by atoms with Crippen LogP contribution >= 0.6 is 38.9 Å². The molecule has 1 aromatic heterocycles. The van der Waals surface area contributed by atoms with Crippen molar-refractivity contribution in [1.82, 2.24) is 4.98 Å². The van der Waals surface area contributed by atoms with E-state index in [0.717, 1.165) is 27.2 Å². The molecular formula is C12H10BrClN2OS. The first-order valence-corrected chi connectivity index (χ1v) is 7.45. The van der Waals surface area contributed by atoms with E-state index in [0.29, 0.717) is 4.34 Å². The average Bonchev–Trinajstić information content (AvgIpc) is 2.75. The molecule has 1 aliphatic rings. The van der Waals surface area contributed by atoms with Gasteiger partial charge in [0.05, 0.1) is 6.20 Å². The van der Waals surface area contributed by atoms with E-state index in [1.54, 1.807) is 6.20 Å². The molecule has 0 radical (unpaired) electrons. The van der Waals surface area contributed by atoms with Gasteiger partial charge in [0.25, 0.3) is 0 Å². The fourth-order valence-corrected chi connectivity index (χ4v) is 3.36. The number of rotatable bonds is 1. The van der Waals surface area contributed by atoms with E-state index in [4.69, 9.17) is 22.1 Å². The molecule has 0 amide bonds. The minimum atomic E-state index is -0.112. The summed E-state index contributed by atoms with van der Waals surface area (Å²) in [6, 6.07) is 5.88. The smallest absolute Gasteiger partial charge is 0.152 e. The fraction of sp³-hybridized carbons (Fsp3) is 0.250. The van der Waals surface area contributed by atoms with Gasteiger partial charge in [0.15, 0.2) is 6.10 Å². The molecule has 2 N–H and O–H groups in total. The van der Waals surface area contributed by atoms with Gasteiger partial charge in [0, 0.05) is 22.5 Å². The Bertz CT molecular complexity index is 589. The first-order chi connectivity index (χ1) is 8.63. The minimum Gasteiger partial charge on any atom is -0.483 e.